The highest BCUT2D eigenvalue weighted by Crippen LogP contribution is 2.29. The first-order valence-corrected chi connectivity index (χ1v) is 6.78. The van der Waals surface area contributed by atoms with Gasteiger partial charge in [0.2, 0.25) is 0 Å². The molecule has 1 aromatic carbocycles. The maximum Gasteiger partial charge on any atom is 0.337 e. The van der Waals surface area contributed by atoms with E-state index >= 15 is 0 Å². The number of hydrogen-bond donors (Lipinski definition) is 1. The molecule has 1 fully saturated rings. The predicted molar refractivity (Wildman–Crippen MR) is 75.6 cm³/mol. The minimum atomic E-state index is -0.636. The van der Waals surface area contributed by atoms with Gasteiger partial charge in [0.25, 0.3) is 5.91 Å². The Morgan fingerprint density at radius 2 is 1.95 bits per heavy atom. The van der Waals surface area contributed by atoms with Crippen molar-refractivity contribution in [1.29, 1.82) is 0 Å². The van der Waals surface area contributed by atoms with Gasteiger partial charge in [-0.25, -0.2) is 4.79 Å². The van der Waals surface area contributed by atoms with Crippen LogP contribution in [0.5, 0.6) is 11.5 Å². The van der Waals surface area contributed by atoms with Crippen molar-refractivity contribution in [3.05, 3.63) is 23.8 Å². The van der Waals surface area contributed by atoms with Gasteiger partial charge in [-0.1, -0.05) is 0 Å². The molecule has 0 saturated heterocycles. The molecule has 0 heterocycles. The number of carbonyl (C=O) groups excluding carboxylic acids is 2. The topological polar surface area (TPSA) is 73.9 Å². The Morgan fingerprint density at radius 1 is 1.24 bits per heavy atom. The molecule has 114 valence electrons. The molecule has 0 unspecified atom stereocenters. The normalized spacial score (nSPS) is 15.0. The van der Waals surface area contributed by atoms with E-state index in [0.29, 0.717) is 17.1 Å². The van der Waals surface area contributed by atoms with Crippen molar-refractivity contribution < 1.29 is 23.8 Å². The van der Waals surface area contributed by atoms with Crippen molar-refractivity contribution in [2.45, 2.75) is 31.9 Å². The lowest BCUT2D eigenvalue weighted by Crippen LogP contribution is -2.37. The molecule has 1 aromatic rings. The minimum absolute atomic E-state index is 0.156. The standard InChI is InChI=1S/C15H19NO5/c1-9(14(17)16-11-5-6-11)21-12-7-4-10(15(18)20-3)8-13(12)19-2/h4,7-9,11H,5-6H2,1-3H3,(H,16,17)/t9-/m1/s1. The molecule has 0 aromatic heterocycles. The molecule has 0 radical (unpaired) electrons. The summed E-state index contributed by atoms with van der Waals surface area (Å²) in [6.45, 7) is 1.67. The van der Waals surface area contributed by atoms with Crippen LogP contribution >= 0.6 is 0 Å². The first-order chi connectivity index (χ1) is 10.0. The number of esters is 1. The van der Waals surface area contributed by atoms with Crippen molar-refractivity contribution >= 4 is 11.9 Å². The Bertz CT molecular complexity index is 539. The van der Waals surface area contributed by atoms with Gasteiger partial charge in [-0.3, -0.25) is 4.79 Å². The first kappa shape index (κ1) is 15.2. The monoisotopic (exact) mass is 293 g/mol. The van der Waals surface area contributed by atoms with Gasteiger partial charge in [0, 0.05) is 6.04 Å². The summed E-state index contributed by atoms with van der Waals surface area (Å²) in [5.74, 6) is 0.170. The van der Waals surface area contributed by atoms with Crippen LogP contribution in [0.1, 0.15) is 30.1 Å². The number of nitrogens with one attached hydrogen (secondary N) is 1. The number of amides is 1. The number of benzene rings is 1. The molecule has 0 spiro atoms. The Kier molecular flexibility index (Phi) is 4.67. The van der Waals surface area contributed by atoms with E-state index in [0.717, 1.165) is 12.8 Å². The molecule has 2 rings (SSSR count). The molecule has 1 aliphatic carbocycles. The highest BCUT2D eigenvalue weighted by Gasteiger charge is 2.26. The van der Waals surface area contributed by atoms with E-state index in [-0.39, 0.29) is 11.9 Å². The molecule has 0 aliphatic heterocycles. The SMILES string of the molecule is COC(=O)c1ccc(O[C@H](C)C(=O)NC2CC2)c(OC)c1. The summed E-state index contributed by atoms with van der Waals surface area (Å²) >= 11 is 0. The third kappa shape index (κ3) is 3.87. The molecule has 21 heavy (non-hydrogen) atoms. The molecule has 1 N–H and O–H groups in total. The molecule has 0 bridgehead atoms. The van der Waals surface area contributed by atoms with Gasteiger partial charge in [-0.05, 0) is 38.0 Å². The van der Waals surface area contributed by atoms with E-state index in [4.69, 9.17) is 9.47 Å². The molecule has 6 nitrogen and oxygen atoms in total. The average molecular weight is 293 g/mol. The van der Waals surface area contributed by atoms with E-state index in [1.165, 1.54) is 20.3 Å². The summed E-state index contributed by atoms with van der Waals surface area (Å²) in [6, 6.07) is 4.96. The third-order valence-electron chi connectivity index (χ3n) is 3.18. The van der Waals surface area contributed by atoms with Crippen molar-refractivity contribution in [3.63, 3.8) is 0 Å². The Labute approximate surface area is 123 Å². The van der Waals surface area contributed by atoms with E-state index in [1.807, 2.05) is 0 Å². The maximum atomic E-state index is 11.9. The summed E-state index contributed by atoms with van der Waals surface area (Å²) < 4.78 is 15.4. The van der Waals surface area contributed by atoms with E-state index in [2.05, 4.69) is 10.1 Å². The summed E-state index contributed by atoms with van der Waals surface area (Å²) in [6.07, 6.45) is 1.41. The number of hydrogen-bond acceptors (Lipinski definition) is 5. The molecular formula is C15H19NO5. The Hall–Kier alpha value is -2.24. The largest absolute Gasteiger partial charge is 0.493 e. The second kappa shape index (κ2) is 6.47. The number of ether oxygens (including phenoxy) is 3. The molecule has 1 amide bonds. The molecule has 1 aliphatic rings. The molecule has 1 atom stereocenters. The summed E-state index contributed by atoms with van der Waals surface area (Å²) in [5, 5.41) is 2.87. The van der Waals surface area contributed by atoms with Gasteiger partial charge in [-0.2, -0.15) is 0 Å². The van der Waals surface area contributed by atoms with Gasteiger partial charge in [0.05, 0.1) is 19.8 Å². The van der Waals surface area contributed by atoms with Crippen LogP contribution in [-0.2, 0) is 9.53 Å². The fourth-order valence-corrected chi connectivity index (χ4v) is 1.80. The van der Waals surface area contributed by atoms with Gasteiger partial charge >= 0.3 is 5.97 Å². The van der Waals surface area contributed by atoms with Crippen LogP contribution in [0.15, 0.2) is 18.2 Å². The van der Waals surface area contributed by atoms with Crippen LogP contribution in [0.2, 0.25) is 0 Å². The van der Waals surface area contributed by atoms with Crippen LogP contribution in [0.25, 0.3) is 0 Å². The predicted octanol–water partition coefficient (Wildman–Crippen LogP) is 1.53. The smallest absolute Gasteiger partial charge is 0.337 e. The number of methoxy groups -OCH3 is 2. The summed E-state index contributed by atoms with van der Waals surface area (Å²) in [4.78, 5) is 23.3. The zero-order chi connectivity index (χ0) is 15.4. The number of carbonyl (C=O) groups is 2. The minimum Gasteiger partial charge on any atom is -0.493 e. The van der Waals surface area contributed by atoms with Crippen LogP contribution in [0.4, 0.5) is 0 Å². The Morgan fingerprint density at radius 3 is 2.52 bits per heavy atom. The van der Waals surface area contributed by atoms with Gasteiger partial charge in [0.1, 0.15) is 0 Å². The van der Waals surface area contributed by atoms with E-state index < -0.39 is 12.1 Å². The zero-order valence-corrected chi connectivity index (χ0v) is 12.3. The van der Waals surface area contributed by atoms with Crippen molar-refractivity contribution in [1.82, 2.24) is 5.32 Å². The highest BCUT2D eigenvalue weighted by molar-refractivity contribution is 5.90. The first-order valence-electron chi connectivity index (χ1n) is 6.78. The maximum absolute atomic E-state index is 11.9. The average Bonchev–Trinajstić information content (AvgIpc) is 3.30. The second-order valence-corrected chi connectivity index (χ2v) is 4.90. The van der Waals surface area contributed by atoms with Gasteiger partial charge in [0.15, 0.2) is 17.6 Å². The lowest BCUT2D eigenvalue weighted by molar-refractivity contribution is -0.127. The molecule has 6 heteroatoms. The van der Waals surface area contributed by atoms with Crippen molar-refractivity contribution in [2.75, 3.05) is 14.2 Å². The fourth-order valence-electron chi connectivity index (χ4n) is 1.80. The van der Waals surface area contributed by atoms with Crippen LogP contribution in [0.3, 0.4) is 0 Å². The molecular weight excluding hydrogens is 274 g/mol. The number of rotatable bonds is 6. The van der Waals surface area contributed by atoms with Crippen LogP contribution < -0.4 is 14.8 Å². The van der Waals surface area contributed by atoms with Gasteiger partial charge < -0.3 is 19.5 Å². The lowest BCUT2D eigenvalue weighted by Gasteiger charge is -2.17. The Balaban J connectivity index is 2.07. The zero-order valence-electron chi connectivity index (χ0n) is 12.3. The van der Waals surface area contributed by atoms with Crippen molar-refractivity contribution in [2.24, 2.45) is 0 Å². The summed E-state index contributed by atoms with van der Waals surface area (Å²) in [7, 11) is 2.78. The fraction of sp³-hybridized carbons (Fsp3) is 0.467. The lowest BCUT2D eigenvalue weighted by atomic mass is 10.2. The summed E-state index contributed by atoms with van der Waals surface area (Å²) in [5.41, 5.74) is 0.358. The van der Waals surface area contributed by atoms with E-state index in [1.54, 1.807) is 19.1 Å². The van der Waals surface area contributed by atoms with Crippen molar-refractivity contribution in [3.8, 4) is 11.5 Å². The highest BCUT2D eigenvalue weighted by atomic mass is 16.5. The quantitative estimate of drug-likeness (QED) is 0.805. The second-order valence-electron chi connectivity index (χ2n) is 4.90. The van der Waals surface area contributed by atoms with Crippen LogP contribution in [0, 0.1) is 0 Å². The van der Waals surface area contributed by atoms with Gasteiger partial charge in [-0.15, -0.1) is 0 Å². The molecule has 1 saturated carbocycles. The van der Waals surface area contributed by atoms with E-state index in [9.17, 15) is 9.59 Å². The third-order valence-corrected chi connectivity index (χ3v) is 3.18. The van der Waals surface area contributed by atoms with Crippen LogP contribution in [-0.4, -0.2) is 38.2 Å².